The molecule has 6 aromatic rings. The molecule has 0 unspecified atom stereocenters. The smallest absolute Gasteiger partial charge is 0.272 e. The lowest BCUT2D eigenvalue weighted by Crippen LogP contribution is -2.14. The zero-order chi connectivity index (χ0) is 27.6. The molecule has 8 nitrogen and oxygen atoms in total. The Kier molecular flexibility index (Phi) is 6.85. The summed E-state index contributed by atoms with van der Waals surface area (Å²) in [6.07, 6.45) is 0. The quantitative estimate of drug-likeness (QED) is 0.157. The predicted molar refractivity (Wildman–Crippen MR) is 159 cm³/mol. The molecule has 0 aliphatic carbocycles. The van der Waals surface area contributed by atoms with Gasteiger partial charge >= 0.3 is 0 Å². The molecule has 0 aliphatic rings. The third-order valence-corrected chi connectivity index (χ3v) is 8.30. The summed E-state index contributed by atoms with van der Waals surface area (Å²) < 4.78 is 3.52. The molecule has 0 spiro atoms. The van der Waals surface area contributed by atoms with Gasteiger partial charge in [-0.2, -0.15) is 5.10 Å². The maximum Gasteiger partial charge on any atom is 0.272 e. The zero-order valence-electron chi connectivity index (χ0n) is 21.1. The van der Waals surface area contributed by atoms with Gasteiger partial charge in [0.25, 0.3) is 11.6 Å². The van der Waals surface area contributed by atoms with E-state index in [0.717, 1.165) is 25.8 Å². The molecule has 40 heavy (non-hydrogen) atoms. The number of para-hydroxylation sites is 2. The van der Waals surface area contributed by atoms with Gasteiger partial charge in [-0.1, -0.05) is 72.4 Å². The molecule has 1 N–H and O–H groups in total. The fraction of sp³-hybridized carbons (Fsp3) is 0.0333. The summed E-state index contributed by atoms with van der Waals surface area (Å²) in [7, 11) is 0. The second-order valence-corrected chi connectivity index (χ2v) is 11.3. The standard InChI is InChI=1S/C30H21N5O3S2/c1-19-27(28(20-10-4-2-5-11-20)33-34(19)22-12-6-3-7-13-22)29(36)31-21-16-23(35(37)38)18-24(17-21)39-30-32-25-14-8-9-15-26(25)40-30/h2-18H,1H3,(H,31,36). The van der Waals surface area contributed by atoms with Gasteiger partial charge in [-0.25, -0.2) is 9.67 Å². The number of nitrogens with zero attached hydrogens (tertiary/aromatic N) is 4. The first-order valence-electron chi connectivity index (χ1n) is 12.3. The summed E-state index contributed by atoms with van der Waals surface area (Å²) >= 11 is 2.83. The Morgan fingerprint density at radius 2 is 1.65 bits per heavy atom. The van der Waals surface area contributed by atoms with E-state index in [2.05, 4.69) is 10.3 Å². The van der Waals surface area contributed by atoms with E-state index >= 15 is 0 Å². The second-order valence-electron chi connectivity index (χ2n) is 8.90. The molecule has 10 heteroatoms. The monoisotopic (exact) mass is 563 g/mol. The fourth-order valence-electron chi connectivity index (χ4n) is 4.40. The minimum Gasteiger partial charge on any atom is -0.322 e. The molecule has 2 heterocycles. The van der Waals surface area contributed by atoms with E-state index in [4.69, 9.17) is 5.10 Å². The number of nitro benzene ring substituents is 1. The number of rotatable bonds is 7. The third kappa shape index (κ3) is 5.09. The van der Waals surface area contributed by atoms with E-state index in [9.17, 15) is 14.9 Å². The van der Waals surface area contributed by atoms with Crippen molar-refractivity contribution in [2.45, 2.75) is 16.2 Å². The van der Waals surface area contributed by atoms with Gasteiger partial charge in [0, 0.05) is 28.3 Å². The van der Waals surface area contributed by atoms with Crippen molar-refractivity contribution in [1.82, 2.24) is 14.8 Å². The third-order valence-electron chi connectivity index (χ3n) is 6.23. The highest BCUT2D eigenvalue weighted by atomic mass is 32.2. The van der Waals surface area contributed by atoms with Crippen molar-refractivity contribution in [2.24, 2.45) is 0 Å². The molecule has 1 amide bonds. The van der Waals surface area contributed by atoms with Crippen LogP contribution >= 0.6 is 23.1 Å². The van der Waals surface area contributed by atoms with E-state index in [1.807, 2.05) is 91.9 Å². The minimum atomic E-state index is -0.466. The normalized spacial score (nSPS) is 11.0. The lowest BCUT2D eigenvalue weighted by molar-refractivity contribution is -0.385. The van der Waals surface area contributed by atoms with Gasteiger partial charge in [0.2, 0.25) is 0 Å². The van der Waals surface area contributed by atoms with Crippen molar-refractivity contribution < 1.29 is 9.72 Å². The van der Waals surface area contributed by atoms with E-state index in [0.29, 0.717) is 27.5 Å². The summed E-state index contributed by atoms with van der Waals surface area (Å²) in [6, 6.07) is 31.4. The Labute approximate surface area is 237 Å². The van der Waals surface area contributed by atoms with Gasteiger partial charge in [0.1, 0.15) is 5.69 Å². The number of non-ortho nitro benzene ring substituents is 1. The molecule has 0 atom stereocenters. The number of nitrogens with one attached hydrogen (secondary N) is 1. The molecule has 0 bridgehead atoms. The van der Waals surface area contributed by atoms with Crippen LogP contribution in [0.2, 0.25) is 0 Å². The molecule has 0 radical (unpaired) electrons. The summed E-state index contributed by atoms with van der Waals surface area (Å²) in [4.78, 5) is 30.3. The molecule has 0 fully saturated rings. The first-order valence-corrected chi connectivity index (χ1v) is 13.9. The Morgan fingerprint density at radius 3 is 2.38 bits per heavy atom. The van der Waals surface area contributed by atoms with Crippen LogP contribution in [0.25, 0.3) is 27.2 Å². The highest BCUT2D eigenvalue weighted by molar-refractivity contribution is 8.01. The predicted octanol–water partition coefficient (Wildman–Crippen LogP) is 7.77. The van der Waals surface area contributed by atoms with Crippen LogP contribution in [-0.4, -0.2) is 25.6 Å². The van der Waals surface area contributed by atoms with Gasteiger partial charge in [0.15, 0.2) is 4.34 Å². The Balaban J connectivity index is 1.37. The first-order chi connectivity index (χ1) is 19.5. The number of benzene rings is 4. The van der Waals surface area contributed by atoms with Crippen LogP contribution in [0.5, 0.6) is 0 Å². The number of fused-ring (bicyclic) bond motifs is 1. The molecule has 6 rings (SSSR count). The maximum absolute atomic E-state index is 13.8. The number of anilines is 1. The number of aromatic nitrogens is 3. The Bertz CT molecular complexity index is 1830. The van der Waals surface area contributed by atoms with Crippen molar-refractivity contribution >= 4 is 50.6 Å². The van der Waals surface area contributed by atoms with Crippen molar-refractivity contribution in [3.05, 3.63) is 124 Å². The van der Waals surface area contributed by atoms with Crippen LogP contribution in [-0.2, 0) is 0 Å². The summed E-state index contributed by atoms with van der Waals surface area (Å²) in [6.45, 7) is 1.84. The van der Waals surface area contributed by atoms with Crippen LogP contribution < -0.4 is 5.32 Å². The van der Waals surface area contributed by atoms with E-state index in [1.165, 1.54) is 35.2 Å². The topological polar surface area (TPSA) is 103 Å². The highest BCUT2D eigenvalue weighted by Crippen LogP contribution is 2.37. The zero-order valence-corrected chi connectivity index (χ0v) is 22.8. The lowest BCUT2D eigenvalue weighted by atomic mass is 10.1. The Morgan fingerprint density at radius 1 is 0.950 bits per heavy atom. The van der Waals surface area contributed by atoms with Crippen molar-refractivity contribution in [2.75, 3.05) is 5.32 Å². The molecule has 4 aromatic carbocycles. The molecular formula is C30H21N5O3S2. The minimum absolute atomic E-state index is 0.124. The maximum atomic E-state index is 13.8. The highest BCUT2D eigenvalue weighted by Gasteiger charge is 2.24. The second kappa shape index (κ2) is 10.8. The van der Waals surface area contributed by atoms with Gasteiger partial charge in [0.05, 0.1) is 32.1 Å². The average Bonchev–Trinajstić information content (AvgIpc) is 3.54. The van der Waals surface area contributed by atoms with E-state index < -0.39 is 10.8 Å². The van der Waals surface area contributed by atoms with Crippen LogP contribution in [0, 0.1) is 17.0 Å². The number of hydrogen-bond donors (Lipinski definition) is 1. The SMILES string of the molecule is Cc1c(C(=O)Nc2cc(Sc3nc4ccccc4s3)cc([N+](=O)[O-])c2)c(-c2ccccc2)nn1-c1ccccc1. The number of hydrogen-bond acceptors (Lipinski definition) is 7. The van der Waals surface area contributed by atoms with E-state index in [-0.39, 0.29) is 5.69 Å². The number of carbonyl (C=O) groups is 1. The number of amides is 1. The molecule has 0 aliphatic heterocycles. The van der Waals surface area contributed by atoms with Crippen LogP contribution in [0.1, 0.15) is 16.1 Å². The van der Waals surface area contributed by atoms with Gasteiger partial charge in [-0.15, -0.1) is 11.3 Å². The largest absolute Gasteiger partial charge is 0.322 e. The summed E-state index contributed by atoms with van der Waals surface area (Å²) in [5, 5.41) is 19.4. The van der Waals surface area contributed by atoms with E-state index in [1.54, 1.807) is 10.7 Å². The molecular weight excluding hydrogens is 542 g/mol. The van der Waals surface area contributed by atoms with Gasteiger partial charge < -0.3 is 5.32 Å². The Hall–Kier alpha value is -4.80. The molecule has 2 aromatic heterocycles. The molecule has 0 saturated carbocycles. The van der Waals surface area contributed by atoms with Crippen molar-refractivity contribution in [3.8, 4) is 16.9 Å². The number of carbonyl (C=O) groups excluding carboxylic acids is 1. The van der Waals surface area contributed by atoms with Crippen LogP contribution in [0.3, 0.4) is 0 Å². The summed E-state index contributed by atoms with van der Waals surface area (Å²) in [5.41, 5.74) is 4.23. The van der Waals surface area contributed by atoms with Crippen molar-refractivity contribution in [1.29, 1.82) is 0 Å². The molecule has 196 valence electrons. The lowest BCUT2D eigenvalue weighted by Gasteiger charge is -2.09. The van der Waals surface area contributed by atoms with Crippen LogP contribution in [0.4, 0.5) is 11.4 Å². The van der Waals surface area contributed by atoms with Gasteiger partial charge in [-0.05, 0) is 37.3 Å². The summed E-state index contributed by atoms with van der Waals surface area (Å²) in [5.74, 6) is -0.407. The number of thiazole rings is 1. The number of nitro groups is 1. The van der Waals surface area contributed by atoms with Gasteiger partial charge in [-0.3, -0.25) is 14.9 Å². The van der Waals surface area contributed by atoms with Crippen molar-refractivity contribution in [3.63, 3.8) is 0 Å². The fourth-order valence-corrected chi connectivity index (χ4v) is 6.53. The first kappa shape index (κ1) is 25.5. The average molecular weight is 564 g/mol. The molecule has 0 saturated heterocycles. The van der Waals surface area contributed by atoms with Crippen LogP contribution in [0.15, 0.2) is 112 Å².